The van der Waals surface area contributed by atoms with E-state index in [0.29, 0.717) is 0 Å². The maximum atomic E-state index is 14.2. The van der Waals surface area contributed by atoms with Gasteiger partial charge in [0.05, 0.1) is 48.5 Å². The molecule has 6 rings (SSSR count). The minimum Gasteiger partial charge on any atom is -0.507 e. The van der Waals surface area contributed by atoms with E-state index in [4.69, 9.17) is 24.7 Å². The molecule has 0 bridgehead atoms. The molecule has 2 aliphatic heterocycles. The van der Waals surface area contributed by atoms with E-state index in [0.717, 1.165) is 14.0 Å². The van der Waals surface area contributed by atoms with Crippen LogP contribution in [0.5, 0.6) is 17.2 Å². The number of carbonyl (C=O) groups excluding carboxylic acids is 10. The highest BCUT2D eigenvalue weighted by Crippen LogP contribution is 2.53. The number of esters is 1. The Hall–Kier alpha value is -7.18. The summed E-state index contributed by atoms with van der Waals surface area (Å²) in [5, 5.41) is 86.8. The number of aliphatic hydroxyl groups excluding tert-OH is 5. The third-order valence-corrected chi connectivity index (χ3v) is 14.1. The summed E-state index contributed by atoms with van der Waals surface area (Å²) in [5.41, 5.74) is 1.57. The number of hydrogen-bond acceptors (Lipinski definition) is 22. The van der Waals surface area contributed by atoms with Gasteiger partial charge in [-0.25, -0.2) is 4.79 Å². The van der Waals surface area contributed by atoms with Gasteiger partial charge in [0.1, 0.15) is 71.9 Å². The molecule has 10 unspecified atom stereocenters. The number of phenolic OH excluding ortho intramolecular Hbond substituents is 2. The largest absolute Gasteiger partial charge is 0.507 e. The van der Waals surface area contributed by atoms with Crippen molar-refractivity contribution in [3.8, 4) is 17.2 Å². The molecule has 426 valence electrons. The van der Waals surface area contributed by atoms with E-state index in [9.17, 15) is 83.7 Å². The first kappa shape index (κ1) is 60.1. The molecule has 28 heteroatoms. The number of fused-ring (bicyclic) bond motifs is 3. The normalized spacial score (nSPS) is 27.0. The quantitative estimate of drug-likeness (QED) is 0.0376. The summed E-state index contributed by atoms with van der Waals surface area (Å²) in [6, 6.07) is -3.13. The zero-order chi connectivity index (χ0) is 58.0. The van der Waals surface area contributed by atoms with Gasteiger partial charge in [0.2, 0.25) is 41.4 Å². The summed E-state index contributed by atoms with van der Waals surface area (Å²) in [7, 11) is 2.43. The number of cyclic esters (lactones) is 1. The zero-order valence-corrected chi connectivity index (χ0v) is 43.4. The Morgan fingerprint density at radius 1 is 0.795 bits per heavy atom. The van der Waals surface area contributed by atoms with Gasteiger partial charge in [-0.1, -0.05) is 26.0 Å². The number of amides is 6. The first-order valence-corrected chi connectivity index (χ1v) is 24.7. The highest BCUT2D eigenvalue weighted by atomic mass is 16.7. The van der Waals surface area contributed by atoms with E-state index < -0.39 is 192 Å². The number of hydrogen-bond donors (Lipinski definition) is 13. The Morgan fingerprint density at radius 2 is 1.42 bits per heavy atom. The summed E-state index contributed by atoms with van der Waals surface area (Å²) >= 11 is 0. The van der Waals surface area contributed by atoms with Crippen LogP contribution in [0.1, 0.15) is 109 Å². The predicted octanol–water partition coefficient (Wildman–Crippen LogP) is -4.28. The Labute approximate surface area is 444 Å². The molecule has 2 saturated heterocycles. The first-order chi connectivity index (χ1) is 36.6. The summed E-state index contributed by atoms with van der Waals surface area (Å²) in [6.45, 7) is 6.13. The molecule has 4 aliphatic rings. The summed E-state index contributed by atoms with van der Waals surface area (Å²) in [5.74, 6) is -12.2. The lowest BCUT2D eigenvalue weighted by atomic mass is 9.71. The van der Waals surface area contributed by atoms with Crippen molar-refractivity contribution in [1.82, 2.24) is 26.6 Å². The number of aliphatic hydroxyl groups is 5. The van der Waals surface area contributed by atoms with Crippen molar-refractivity contribution in [3.63, 3.8) is 0 Å². The number of ketones is 3. The van der Waals surface area contributed by atoms with Crippen molar-refractivity contribution in [2.45, 2.75) is 152 Å². The molecule has 2 aromatic carbocycles. The molecular weight excluding hydrogens is 1040 g/mol. The minimum atomic E-state index is -2.13. The lowest BCUT2D eigenvalue weighted by Crippen LogP contribution is -2.62. The summed E-state index contributed by atoms with van der Waals surface area (Å²) in [6.07, 6.45) is -16.0. The fourth-order valence-corrected chi connectivity index (χ4v) is 9.82. The second kappa shape index (κ2) is 24.2. The van der Waals surface area contributed by atoms with Crippen molar-refractivity contribution in [2.75, 3.05) is 20.8 Å². The Balaban J connectivity index is 1.18. The first-order valence-electron chi connectivity index (χ1n) is 24.7. The number of rotatable bonds is 20. The van der Waals surface area contributed by atoms with Crippen LogP contribution in [-0.2, 0) is 63.7 Å². The summed E-state index contributed by atoms with van der Waals surface area (Å²) in [4.78, 5) is 133. The second-order valence-corrected chi connectivity index (χ2v) is 19.9. The third-order valence-electron chi connectivity index (χ3n) is 14.1. The van der Waals surface area contributed by atoms with Gasteiger partial charge in [0.15, 0.2) is 24.0 Å². The Kier molecular flexibility index (Phi) is 18.7. The molecule has 0 saturated carbocycles. The average Bonchev–Trinajstić information content (AvgIpc) is 3.59. The van der Waals surface area contributed by atoms with Crippen molar-refractivity contribution >= 4 is 58.8 Å². The van der Waals surface area contributed by atoms with E-state index >= 15 is 0 Å². The van der Waals surface area contributed by atoms with Gasteiger partial charge in [0, 0.05) is 43.1 Å². The Bertz CT molecular complexity index is 2750. The molecule has 2 fully saturated rings. The number of Topliss-reactive ketones (excluding diaryl/α,β-unsaturated/α-hetero) is 1. The topological polar surface area (TPSA) is 445 Å². The van der Waals surface area contributed by atoms with Crippen LogP contribution in [0.4, 0.5) is 0 Å². The van der Waals surface area contributed by atoms with Crippen LogP contribution in [0.25, 0.3) is 0 Å². The SMILES string of the molecule is COc1cccc2c1C(=O)c1c(O)c3c(c(O)c1C2=O)C[C@@](OC)(C(=O)CO)C[C@@H]3O[C@@H]1CC(NC(=O)C(CC(C)C)NC(=O)C(CC(N)=O)NC(=O)C(C)NC(=O)C(C)NC(=O)C2OC(=O)C(O)C(O)C2O)[C@@H](O)C(C)O1. The fourth-order valence-electron chi connectivity index (χ4n) is 9.82. The lowest BCUT2D eigenvalue weighted by Gasteiger charge is -2.44. The maximum Gasteiger partial charge on any atom is 0.338 e. The van der Waals surface area contributed by atoms with Gasteiger partial charge >= 0.3 is 5.97 Å². The number of aromatic hydroxyl groups is 2. The number of nitrogens with two attached hydrogens (primary N) is 1. The summed E-state index contributed by atoms with van der Waals surface area (Å²) < 4.78 is 28.1. The van der Waals surface area contributed by atoms with E-state index in [1.165, 1.54) is 39.2 Å². The van der Waals surface area contributed by atoms with Crippen LogP contribution in [-0.4, -0.2) is 194 Å². The van der Waals surface area contributed by atoms with Crippen LogP contribution < -0.4 is 37.1 Å². The van der Waals surface area contributed by atoms with Crippen LogP contribution in [0, 0.1) is 5.92 Å². The predicted molar refractivity (Wildman–Crippen MR) is 261 cm³/mol. The van der Waals surface area contributed by atoms with E-state index in [2.05, 4.69) is 31.3 Å². The minimum absolute atomic E-state index is 0.00568. The molecule has 0 aromatic heterocycles. The van der Waals surface area contributed by atoms with Crippen molar-refractivity contribution in [3.05, 3.63) is 51.6 Å². The van der Waals surface area contributed by atoms with E-state index in [-0.39, 0.29) is 46.8 Å². The molecule has 6 amide bonds. The van der Waals surface area contributed by atoms with Crippen LogP contribution >= 0.6 is 0 Å². The third kappa shape index (κ3) is 12.1. The Morgan fingerprint density at radius 3 is 2.04 bits per heavy atom. The smallest absolute Gasteiger partial charge is 0.338 e. The molecular formula is C50H64N6O22. The maximum absolute atomic E-state index is 14.2. The van der Waals surface area contributed by atoms with Gasteiger partial charge in [-0.05, 0) is 39.2 Å². The van der Waals surface area contributed by atoms with Crippen LogP contribution in [0.2, 0.25) is 0 Å². The molecule has 78 heavy (non-hydrogen) atoms. The average molecular weight is 1100 g/mol. The highest BCUT2D eigenvalue weighted by molar-refractivity contribution is 6.31. The molecule has 28 nitrogen and oxygen atoms in total. The molecule has 2 aromatic rings. The molecule has 14 N–H and O–H groups in total. The fraction of sp³-hybridized carbons (Fsp3) is 0.560. The van der Waals surface area contributed by atoms with Crippen LogP contribution in [0.15, 0.2) is 18.2 Å². The molecule has 14 atom stereocenters. The lowest BCUT2D eigenvalue weighted by molar-refractivity contribution is -0.250. The van der Waals surface area contributed by atoms with Crippen molar-refractivity contribution < 1.29 is 107 Å². The number of carbonyl (C=O) groups is 10. The monoisotopic (exact) mass is 1100 g/mol. The number of phenols is 2. The number of ether oxygens (including phenoxy) is 5. The second-order valence-electron chi connectivity index (χ2n) is 19.9. The highest BCUT2D eigenvalue weighted by Gasteiger charge is 2.52. The van der Waals surface area contributed by atoms with Gasteiger partial charge in [-0.3, -0.25) is 43.2 Å². The van der Waals surface area contributed by atoms with Gasteiger partial charge in [0.25, 0.3) is 5.91 Å². The van der Waals surface area contributed by atoms with Crippen LogP contribution in [0.3, 0.4) is 0 Å². The molecule has 2 aliphatic carbocycles. The van der Waals surface area contributed by atoms with Crippen molar-refractivity contribution in [2.24, 2.45) is 11.7 Å². The van der Waals surface area contributed by atoms with Gasteiger partial charge < -0.3 is 91.7 Å². The van der Waals surface area contributed by atoms with Gasteiger partial charge in [-0.15, -0.1) is 0 Å². The van der Waals surface area contributed by atoms with Gasteiger partial charge in [-0.2, -0.15) is 0 Å². The number of methoxy groups -OCH3 is 2. The number of nitrogens with one attached hydrogen (secondary N) is 5. The van der Waals surface area contributed by atoms with E-state index in [1.807, 2.05) is 0 Å². The number of primary amides is 1. The molecule has 0 radical (unpaired) electrons. The zero-order valence-electron chi connectivity index (χ0n) is 43.4. The number of benzene rings is 2. The molecule has 2 heterocycles. The van der Waals surface area contributed by atoms with Crippen molar-refractivity contribution in [1.29, 1.82) is 0 Å². The molecule has 0 spiro atoms. The standard InChI is InChI=1S/C50H64N6O22/c1-17(2)11-24(56-47(71)25(12-29(51)59)55-45(69)19(4)52-44(68)18(3)53-48(72)43-41(66)40(65)42(67)49(73)78-43)46(70)54-23-13-30(76-20(5)35(23)60)77-27-15-50(75-7,28(58)16-57)14-22-32(27)39(64)34-33(37(22)62)36(61)21-9-8-10-26(74-6)31(21)38(34)63/h8-10,17-20,23-25,27,30,35,40-43,57,60,62,64-67H,11-16H2,1-7H3,(H2,51,59)(H,52,68)(H,53,72)(H,54,70)(H,55,69)(H,56,71)/t18?,19?,20?,23?,24?,25?,27-,30+,35-,40?,41?,42?,43?,50-/m0/s1. The van der Waals surface area contributed by atoms with E-state index in [1.54, 1.807) is 13.8 Å².